The summed E-state index contributed by atoms with van der Waals surface area (Å²) in [6.45, 7) is 0. The first-order valence-corrected chi connectivity index (χ1v) is 5.23. The predicted molar refractivity (Wildman–Crippen MR) is 60.9 cm³/mol. The lowest BCUT2D eigenvalue weighted by Crippen LogP contribution is -2.27. The van der Waals surface area contributed by atoms with Crippen LogP contribution in [0, 0.1) is 0 Å². The zero-order valence-electron chi connectivity index (χ0n) is 9.52. The van der Waals surface area contributed by atoms with Crippen LogP contribution in [0.15, 0.2) is 14.6 Å². The number of hydrogen-bond acceptors (Lipinski definition) is 6. The van der Waals surface area contributed by atoms with E-state index in [2.05, 4.69) is 14.7 Å². The number of aliphatic imine (C=N–C) groups is 1. The van der Waals surface area contributed by atoms with Gasteiger partial charge in [0, 0.05) is 0 Å². The Balaban J connectivity index is 2.43. The molecule has 96 valence electrons. The summed E-state index contributed by atoms with van der Waals surface area (Å²) in [5, 5.41) is 9.54. The molecule has 0 radical (unpaired) electrons. The first kappa shape index (κ1) is 12.1. The zero-order chi connectivity index (χ0) is 13.3. The Morgan fingerprint density at radius 1 is 1.44 bits per heavy atom. The molecule has 0 fully saturated rings. The van der Waals surface area contributed by atoms with Crippen LogP contribution in [0.1, 0.15) is 18.4 Å². The van der Waals surface area contributed by atoms with Gasteiger partial charge in [-0.3, -0.25) is 19.8 Å². The lowest BCUT2D eigenvalue weighted by molar-refractivity contribution is -0.141. The molecule has 2 rings (SSSR count). The number of carbonyl (C=O) groups excluding carboxylic acids is 1. The van der Waals surface area contributed by atoms with E-state index < -0.39 is 29.1 Å². The van der Waals surface area contributed by atoms with Crippen molar-refractivity contribution in [1.82, 2.24) is 9.97 Å². The molecule has 3 N–H and O–H groups in total. The number of rotatable bonds is 2. The molecule has 1 aromatic heterocycles. The number of nitrogens with one attached hydrogen (secondary N) is 2. The quantitative estimate of drug-likeness (QED) is 0.576. The number of aromatic hydroxyl groups is 1. The Morgan fingerprint density at radius 2 is 2.17 bits per heavy atom. The molecule has 1 aliphatic rings. The highest BCUT2D eigenvalue weighted by molar-refractivity contribution is 6.04. The normalized spacial score (nSPS) is 18.5. The number of ether oxygens (including phenoxy) is 1. The molecular formula is C10H11N3O5. The molecule has 0 saturated heterocycles. The number of aromatic amines is 2. The third-order valence-electron chi connectivity index (χ3n) is 2.65. The molecule has 1 unspecified atom stereocenters. The van der Waals surface area contributed by atoms with E-state index in [0.717, 1.165) is 0 Å². The molecule has 1 aromatic rings. The second-order valence-electron chi connectivity index (χ2n) is 3.79. The van der Waals surface area contributed by atoms with E-state index in [0.29, 0.717) is 12.8 Å². The number of hydrogen-bond donors (Lipinski definition) is 3. The second kappa shape index (κ2) is 4.47. The Hall–Kier alpha value is -2.38. The van der Waals surface area contributed by atoms with Gasteiger partial charge in [-0.2, -0.15) is 0 Å². The Kier molecular flexibility index (Phi) is 3.00. The fourth-order valence-electron chi connectivity index (χ4n) is 1.83. The minimum absolute atomic E-state index is 0.110. The van der Waals surface area contributed by atoms with E-state index in [1.807, 2.05) is 4.98 Å². The highest BCUT2D eigenvalue weighted by Gasteiger charge is 2.28. The third kappa shape index (κ3) is 2.04. The van der Waals surface area contributed by atoms with Gasteiger partial charge in [-0.1, -0.05) is 0 Å². The molecule has 8 heteroatoms. The van der Waals surface area contributed by atoms with Gasteiger partial charge in [0.1, 0.15) is 11.6 Å². The third-order valence-corrected chi connectivity index (χ3v) is 2.65. The van der Waals surface area contributed by atoms with Crippen molar-refractivity contribution in [3.63, 3.8) is 0 Å². The van der Waals surface area contributed by atoms with E-state index in [9.17, 15) is 19.5 Å². The first-order chi connectivity index (χ1) is 8.52. The van der Waals surface area contributed by atoms with Crippen molar-refractivity contribution in [2.75, 3.05) is 7.11 Å². The van der Waals surface area contributed by atoms with Crippen LogP contribution in [0.5, 0.6) is 5.88 Å². The van der Waals surface area contributed by atoms with Gasteiger partial charge in [-0.25, -0.2) is 9.59 Å². The van der Waals surface area contributed by atoms with Gasteiger partial charge in [0.05, 0.1) is 12.8 Å². The summed E-state index contributed by atoms with van der Waals surface area (Å²) in [6, 6.07) is -0.671. The molecule has 1 atom stereocenters. The van der Waals surface area contributed by atoms with Gasteiger partial charge in [0.15, 0.2) is 0 Å². The number of H-pyrrole nitrogens is 2. The van der Waals surface area contributed by atoms with Crippen molar-refractivity contribution in [2.24, 2.45) is 4.99 Å². The summed E-state index contributed by atoms with van der Waals surface area (Å²) in [5.74, 6) is -1.04. The number of nitrogens with zero attached hydrogens (tertiary/aromatic N) is 1. The van der Waals surface area contributed by atoms with E-state index in [1.54, 1.807) is 0 Å². The molecule has 18 heavy (non-hydrogen) atoms. The van der Waals surface area contributed by atoms with Crippen molar-refractivity contribution in [1.29, 1.82) is 0 Å². The standard InChI is InChI=1S/C10H11N3O5/c1-18-9(16)5-3-2-4(11-5)6-7(14)12-10(17)13-8(6)15/h5H,2-3H2,1H3,(H3,12,13,14,15,17). The number of esters is 1. The minimum atomic E-state index is -0.802. The van der Waals surface area contributed by atoms with Crippen LogP contribution in [0.3, 0.4) is 0 Å². The predicted octanol–water partition coefficient (Wildman–Crippen LogP) is -1.11. The van der Waals surface area contributed by atoms with Crippen LogP contribution in [-0.2, 0) is 9.53 Å². The van der Waals surface area contributed by atoms with Gasteiger partial charge in [-0.05, 0) is 12.8 Å². The number of carbonyl (C=O) groups is 1. The van der Waals surface area contributed by atoms with Crippen molar-refractivity contribution < 1.29 is 14.6 Å². The maximum Gasteiger partial charge on any atom is 0.330 e. The summed E-state index contributed by atoms with van der Waals surface area (Å²) in [7, 11) is 1.25. The monoisotopic (exact) mass is 253 g/mol. The molecule has 0 aliphatic carbocycles. The Labute approximate surface area is 100 Å². The molecule has 0 amide bonds. The van der Waals surface area contributed by atoms with Gasteiger partial charge in [0.2, 0.25) is 5.88 Å². The topological polar surface area (TPSA) is 125 Å². The minimum Gasteiger partial charge on any atom is -0.494 e. The fraction of sp³-hybridized carbons (Fsp3) is 0.400. The highest BCUT2D eigenvalue weighted by Crippen LogP contribution is 2.20. The largest absolute Gasteiger partial charge is 0.494 e. The molecule has 0 saturated carbocycles. The van der Waals surface area contributed by atoms with E-state index in [1.165, 1.54) is 7.11 Å². The van der Waals surface area contributed by atoms with Crippen LogP contribution in [0.25, 0.3) is 0 Å². The van der Waals surface area contributed by atoms with Crippen LogP contribution in [0.4, 0.5) is 0 Å². The first-order valence-electron chi connectivity index (χ1n) is 5.23. The van der Waals surface area contributed by atoms with Crippen LogP contribution >= 0.6 is 0 Å². The maximum atomic E-state index is 11.6. The van der Waals surface area contributed by atoms with Gasteiger partial charge in [-0.15, -0.1) is 0 Å². The molecule has 1 aliphatic heterocycles. The van der Waals surface area contributed by atoms with Crippen LogP contribution in [-0.4, -0.2) is 39.9 Å². The lowest BCUT2D eigenvalue weighted by atomic mass is 10.1. The smallest absolute Gasteiger partial charge is 0.330 e. The summed E-state index contributed by atoms with van der Waals surface area (Å²) < 4.78 is 4.55. The average Bonchev–Trinajstić information content (AvgIpc) is 2.76. The van der Waals surface area contributed by atoms with E-state index in [-0.39, 0.29) is 11.3 Å². The molecule has 8 nitrogen and oxygen atoms in total. The average molecular weight is 253 g/mol. The summed E-state index contributed by atoms with van der Waals surface area (Å²) in [4.78, 5) is 41.8. The zero-order valence-corrected chi connectivity index (χ0v) is 9.52. The molecule has 0 aromatic carbocycles. The maximum absolute atomic E-state index is 11.6. The molecule has 0 bridgehead atoms. The number of aromatic nitrogens is 2. The van der Waals surface area contributed by atoms with Gasteiger partial charge in [0.25, 0.3) is 5.56 Å². The van der Waals surface area contributed by atoms with Crippen LogP contribution in [0.2, 0.25) is 0 Å². The summed E-state index contributed by atoms with van der Waals surface area (Å²) in [6.07, 6.45) is 0.752. The number of methoxy groups -OCH3 is 1. The highest BCUT2D eigenvalue weighted by atomic mass is 16.5. The molecular weight excluding hydrogens is 242 g/mol. The van der Waals surface area contributed by atoms with Crippen molar-refractivity contribution in [3.05, 3.63) is 26.4 Å². The molecule has 2 heterocycles. The SMILES string of the molecule is COC(=O)C1CCC(c2c(O)[nH]c(=O)[nH]c2=O)=N1. The van der Waals surface area contributed by atoms with E-state index >= 15 is 0 Å². The van der Waals surface area contributed by atoms with Gasteiger partial charge < -0.3 is 9.84 Å². The van der Waals surface area contributed by atoms with Crippen molar-refractivity contribution in [3.8, 4) is 5.88 Å². The summed E-state index contributed by atoms with van der Waals surface area (Å²) in [5.41, 5.74) is -1.37. The van der Waals surface area contributed by atoms with Crippen molar-refractivity contribution >= 4 is 11.7 Å². The summed E-state index contributed by atoms with van der Waals surface area (Å²) >= 11 is 0. The fourth-order valence-corrected chi connectivity index (χ4v) is 1.83. The van der Waals surface area contributed by atoms with Crippen LogP contribution < -0.4 is 11.2 Å². The second-order valence-corrected chi connectivity index (χ2v) is 3.79. The van der Waals surface area contributed by atoms with Gasteiger partial charge >= 0.3 is 11.7 Å². The van der Waals surface area contributed by atoms with E-state index in [4.69, 9.17) is 0 Å². The molecule has 0 spiro atoms. The Bertz CT molecular complexity index is 627. The Morgan fingerprint density at radius 3 is 2.78 bits per heavy atom. The van der Waals surface area contributed by atoms with Crippen molar-refractivity contribution in [2.45, 2.75) is 18.9 Å². The lowest BCUT2D eigenvalue weighted by Gasteiger charge is -2.02.